The van der Waals surface area contributed by atoms with Crippen molar-refractivity contribution in [3.8, 4) is 0 Å². The summed E-state index contributed by atoms with van der Waals surface area (Å²) < 4.78 is 5.40. The van der Waals surface area contributed by atoms with E-state index in [0.29, 0.717) is 29.0 Å². The molecule has 0 saturated heterocycles. The van der Waals surface area contributed by atoms with Gasteiger partial charge in [-0.1, -0.05) is 30.1 Å². The van der Waals surface area contributed by atoms with Gasteiger partial charge >= 0.3 is 0 Å². The third-order valence-electron chi connectivity index (χ3n) is 2.00. The molecule has 1 aromatic rings. The van der Waals surface area contributed by atoms with Crippen molar-refractivity contribution in [3.05, 3.63) is 28.0 Å². The molecule has 0 amide bonds. The number of hydrogen-bond donors (Lipinski definition) is 2. The molecule has 6 heteroatoms. The van der Waals surface area contributed by atoms with Crippen molar-refractivity contribution in [1.82, 2.24) is 10.4 Å². The Bertz CT molecular complexity index is 336. The molecule has 1 aromatic heterocycles. The van der Waals surface area contributed by atoms with E-state index in [2.05, 4.69) is 10.4 Å². The molecule has 0 saturated carbocycles. The molecule has 0 aliphatic carbocycles. The van der Waals surface area contributed by atoms with E-state index in [-0.39, 0.29) is 6.04 Å². The fourth-order valence-corrected chi connectivity index (χ4v) is 1.74. The maximum Gasteiger partial charge on any atom is 0.0880 e. The molecule has 1 unspecified atom stereocenters. The summed E-state index contributed by atoms with van der Waals surface area (Å²) >= 11 is 11.8. The van der Waals surface area contributed by atoms with Crippen molar-refractivity contribution >= 4 is 23.2 Å². The van der Waals surface area contributed by atoms with E-state index in [0.717, 1.165) is 6.42 Å². The number of rotatable bonds is 6. The molecule has 90 valence electrons. The van der Waals surface area contributed by atoms with Crippen molar-refractivity contribution in [1.29, 1.82) is 0 Å². The Kier molecular flexibility index (Phi) is 6.01. The zero-order valence-electron chi connectivity index (χ0n) is 9.04. The number of aromatic nitrogens is 1. The van der Waals surface area contributed by atoms with Gasteiger partial charge in [-0.3, -0.25) is 10.8 Å². The minimum absolute atomic E-state index is 0.226. The summed E-state index contributed by atoms with van der Waals surface area (Å²) in [6, 6.07) is 1.41. The smallest absolute Gasteiger partial charge is 0.0880 e. The quantitative estimate of drug-likeness (QED) is 0.470. The van der Waals surface area contributed by atoms with Gasteiger partial charge in [0.15, 0.2) is 0 Å². The van der Waals surface area contributed by atoms with E-state index in [4.69, 9.17) is 33.8 Å². The molecule has 0 aromatic carbocycles. The highest BCUT2D eigenvalue weighted by atomic mass is 35.5. The highest BCUT2D eigenvalue weighted by Gasteiger charge is 2.15. The summed E-state index contributed by atoms with van der Waals surface area (Å²) in [7, 11) is 0. The summed E-state index contributed by atoms with van der Waals surface area (Å²) in [5.41, 5.74) is 3.27. The predicted molar refractivity (Wildman–Crippen MR) is 65.4 cm³/mol. The number of nitrogens with zero attached hydrogens (tertiary/aromatic N) is 1. The van der Waals surface area contributed by atoms with Gasteiger partial charge in [-0.2, -0.15) is 0 Å². The number of nitrogens with one attached hydrogen (secondary N) is 1. The van der Waals surface area contributed by atoms with Gasteiger partial charge in [0.25, 0.3) is 0 Å². The topological polar surface area (TPSA) is 60.2 Å². The zero-order chi connectivity index (χ0) is 12.0. The molecule has 0 aliphatic heterocycles. The van der Waals surface area contributed by atoms with Crippen LogP contribution < -0.4 is 11.3 Å². The van der Waals surface area contributed by atoms with E-state index < -0.39 is 0 Å². The lowest BCUT2D eigenvalue weighted by molar-refractivity contribution is 0.111. The van der Waals surface area contributed by atoms with E-state index in [1.807, 2.05) is 6.92 Å². The number of nitrogens with two attached hydrogens (primary N) is 1. The van der Waals surface area contributed by atoms with Crippen LogP contribution in [0.25, 0.3) is 0 Å². The molecule has 0 fully saturated rings. The van der Waals surface area contributed by atoms with Crippen LogP contribution in [0.2, 0.25) is 10.0 Å². The van der Waals surface area contributed by atoms with Crippen molar-refractivity contribution in [2.45, 2.75) is 19.4 Å². The Balaban J connectivity index is 2.70. The first-order chi connectivity index (χ1) is 7.69. The van der Waals surface area contributed by atoms with Gasteiger partial charge in [0, 0.05) is 12.8 Å². The highest BCUT2D eigenvalue weighted by molar-refractivity contribution is 6.34. The largest absolute Gasteiger partial charge is 0.379 e. The van der Waals surface area contributed by atoms with Crippen molar-refractivity contribution < 1.29 is 4.74 Å². The zero-order valence-corrected chi connectivity index (χ0v) is 10.6. The van der Waals surface area contributed by atoms with Gasteiger partial charge in [0.1, 0.15) is 0 Å². The molecule has 0 bridgehead atoms. The second kappa shape index (κ2) is 7.04. The van der Waals surface area contributed by atoms with Crippen molar-refractivity contribution in [3.63, 3.8) is 0 Å². The van der Waals surface area contributed by atoms with Crippen molar-refractivity contribution in [2.75, 3.05) is 13.2 Å². The second-order valence-corrected chi connectivity index (χ2v) is 4.16. The van der Waals surface area contributed by atoms with Crippen LogP contribution in [0.3, 0.4) is 0 Å². The third kappa shape index (κ3) is 3.88. The van der Waals surface area contributed by atoms with Gasteiger partial charge in [-0.15, -0.1) is 0 Å². The first-order valence-corrected chi connectivity index (χ1v) is 5.79. The number of halogens is 2. The van der Waals surface area contributed by atoms with E-state index >= 15 is 0 Å². The van der Waals surface area contributed by atoms with E-state index in [1.54, 1.807) is 6.07 Å². The molecule has 4 nitrogen and oxygen atoms in total. The Labute approximate surface area is 105 Å². The van der Waals surface area contributed by atoms with Gasteiger partial charge in [0.2, 0.25) is 0 Å². The molecule has 0 radical (unpaired) electrons. The fourth-order valence-electron chi connectivity index (χ4n) is 1.23. The van der Waals surface area contributed by atoms with Crippen LogP contribution >= 0.6 is 23.2 Å². The predicted octanol–water partition coefficient (Wildman–Crippen LogP) is 2.32. The molecule has 16 heavy (non-hydrogen) atoms. The molecular weight excluding hydrogens is 249 g/mol. The summed E-state index contributed by atoms with van der Waals surface area (Å²) in [6.45, 7) is 3.15. The van der Waals surface area contributed by atoms with Crippen LogP contribution in [0.1, 0.15) is 25.1 Å². The lowest BCUT2D eigenvalue weighted by Gasteiger charge is -2.16. The van der Waals surface area contributed by atoms with Gasteiger partial charge in [-0.05, 0) is 12.5 Å². The van der Waals surface area contributed by atoms with Crippen LogP contribution in [-0.4, -0.2) is 18.2 Å². The second-order valence-electron chi connectivity index (χ2n) is 3.31. The number of ether oxygens (including phenoxy) is 1. The van der Waals surface area contributed by atoms with Gasteiger partial charge in [0.05, 0.1) is 28.4 Å². The summed E-state index contributed by atoms with van der Waals surface area (Å²) in [6.07, 6.45) is 2.49. The molecular formula is C10H15Cl2N3O. The molecule has 1 atom stereocenters. The van der Waals surface area contributed by atoms with Gasteiger partial charge < -0.3 is 4.74 Å². The first kappa shape index (κ1) is 13.7. The molecule has 0 aliphatic rings. The third-order valence-corrected chi connectivity index (χ3v) is 2.51. The van der Waals surface area contributed by atoms with Crippen LogP contribution in [-0.2, 0) is 4.74 Å². The number of hydrogen-bond acceptors (Lipinski definition) is 4. The fraction of sp³-hybridized carbons (Fsp3) is 0.500. The Morgan fingerprint density at radius 1 is 1.56 bits per heavy atom. The Morgan fingerprint density at radius 3 is 2.88 bits per heavy atom. The monoisotopic (exact) mass is 263 g/mol. The summed E-state index contributed by atoms with van der Waals surface area (Å²) in [5, 5.41) is 0.981. The first-order valence-electron chi connectivity index (χ1n) is 5.03. The minimum atomic E-state index is -0.226. The molecule has 1 rings (SSSR count). The van der Waals surface area contributed by atoms with Crippen LogP contribution in [0, 0.1) is 0 Å². The SMILES string of the molecule is CCCOCC(NN)c1ncc(Cl)cc1Cl. The average Bonchev–Trinajstić information content (AvgIpc) is 2.26. The van der Waals surface area contributed by atoms with E-state index in [9.17, 15) is 0 Å². The standard InChI is InChI=1S/C10H15Cl2N3O/c1-2-3-16-6-9(15-13)10-8(12)4-7(11)5-14-10/h4-5,9,15H,2-3,6,13H2,1H3. The van der Waals surface area contributed by atoms with Crippen LogP contribution in [0.15, 0.2) is 12.3 Å². The van der Waals surface area contributed by atoms with E-state index in [1.165, 1.54) is 6.20 Å². The lowest BCUT2D eigenvalue weighted by Crippen LogP contribution is -2.32. The van der Waals surface area contributed by atoms with Crippen LogP contribution in [0.5, 0.6) is 0 Å². The maximum atomic E-state index is 6.02. The minimum Gasteiger partial charge on any atom is -0.379 e. The Morgan fingerprint density at radius 2 is 2.31 bits per heavy atom. The molecule has 3 N–H and O–H groups in total. The van der Waals surface area contributed by atoms with Crippen LogP contribution in [0.4, 0.5) is 0 Å². The number of hydrazine groups is 1. The summed E-state index contributed by atoms with van der Waals surface area (Å²) in [5.74, 6) is 5.43. The summed E-state index contributed by atoms with van der Waals surface area (Å²) in [4.78, 5) is 4.14. The maximum absolute atomic E-state index is 6.02. The molecule has 0 spiro atoms. The normalized spacial score (nSPS) is 12.8. The molecule has 1 heterocycles. The van der Waals surface area contributed by atoms with Gasteiger partial charge in [-0.25, -0.2) is 5.43 Å². The lowest BCUT2D eigenvalue weighted by atomic mass is 10.2. The average molecular weight is 264 g/mol. The number of pyridine rings is 1. The Hall–Kier alpha value is -0.390. The highest BCUT2D eigenvalue weighted by Crippen LogP contribution is 2.23. The van der Waals surface area contributed by atoms with Crippen molar-refractivity contribution in [2.24, 2.45) is 5.84 Å².